The van der Waals surface area contributed by atoms with Crippen molar-refractivity contribution in [1.29, 1.82) is 5.26 Å². The smallest absolute Gasteiger partial charge is 0.251 e. The van der Waals surface area contributed by atoms with Crippen molar-refractivity contribution in [3.63, 3.8) is 0 Å². The molecule has 50 heavy (non-hydrogen) atoms. The summed E-state index contributed by atoms with van der Waals surface area (Å²) in [5.74, 6) is -0.387. The summed E-state index contributed by atoms with van der Waals surface area (Å²) < 4.78 is 0. The van der Waals surface area contributed by atoms with Crippen molar-refractivity contribution in [3.05, 3.63) is 75.6 Å². The number of fused-ring (bicyclic) bond motifs is 2. The molecule has 14 heteroatoms. The molecule has 2 atom stereocenters. The number of H-pyrrole nitrogens is 1. The molecule has 0 saturated carbocycles. The van der Waals surface area contributed by atoms with Gasteiger partial charge in [-0.2, -0.15) is 10.5 Å². The van der Waals surface area contributed by atoms with Gasteiger partial charge >= 0.3 is 0 Å². The number of aryl methyl sites for hydroxylation is 2. The lowest BCUT2D eigenvalue weighted by Gasteiger charge is -2.36. The Morgan fingerprint density at radius 2 is 1.56 bits per heavy atom. The van der Waals surface area contributed by atoms with Gasteiger partial charge in [-0.1, -0.05) is 17.3 Å². The molecule has 6 N–H and O–H groups in total. The summed E-state index contributed by atoms with van der Waals surface area (Å²) in [4.78, 5) is 41.2. The number of aromatic nitrogens is 4. The molecule has 1 fully saturated rings. The Kier molecular flexibility index (Phi) is 10.7. The van der Waals surface area contributed by atoms with Gasteiger partial charge in [0, 0.05) is 36.8 Å². The monoisotopic (exact) mass is 685 g/mol. The quantitative estimate of drug-likeness (QED) is 0.162. The first kappa shape index (κ1) is 36.6. The van der Waals surface area contributed by atoms with Crippen molar-refractivity contribution in [2.75, 3.05) is 26.2 Å². The topological polar surface area (TPSA) is 209 Å². The molecule has 1 unspecified atom stereocenters. The molecule has 3 aromatic rings. The minimum absolute atomic E-state index is 0.0437. The molecular weight excluding hydrogens is 638 g/mol. The second kappa shape index (κ2) is 14.6. The first-order valence-corrected chi connectivity index (χ1v) is 17.1. The van der Waals surface area contributed by atoms with Crippen LogP contribution in [0.15, 0.2) is 36.4 Å². The van der Waals surface area contributed by atoms with Gasteiger partial charge < -0.3 is 31.1 Å². The molecule has 1 aliphatic heterocycles. The van der Waals surface area contributed by atoms with E-state index in [9.17, 15) is 29.9 Å². The Labute approximate surface area is 292 Å². The fourth-order valence-electron chi connectivity index (χ4n) is 6.92. The molecule has 2 heterocycles. The van der Waals surface area contributed by atoms with Crippen molar-refractivity contribution in [2.45, 2.75) is 95.4 Å². The summed E-state index contributed by atoms with van der Waals surface area (Å²) in [5.41, 5.74) is 1.17. The third-order valence-corrected chi connectivity index (χ3v) is 9.34. The van der Waals surface area contributed by atoms with Gasteiger partial charge in [-0.15, -0.1) is 10.2 Å². The van der Waals surface area contributed by atoms with Gasteiger partial charge in [-0.25, -0.2) is 0 Å². The average molecular weight is 686 g/mol. The predicted octanol–water partition coefficient (Wildman–Crippen LogP) is 1.52. The lowest BCUT2D eigenvalue weighted by Crippen LogP contribution is -2.45. The van der Waals surface area contributed by atoms with Gasteiger partial charge in [0.2, 0.25) is 5.91 Å². The van der Waals surface area contributed by atoms with E-state index in [1.807, 2.05) is 31.2 Å². The summed E-state index contributed by atoms with van der Waals surface area (Å²) in [6, 6.07) is 12.5. The molecule has 14 nitrogen and oxygen atoms in total. The minimum Gasteiger partial charge on any atom is -0.389 e. The Morgan fingerprint density at radius 3 is 2.04 bits per heavy atom. The zero-order chi connectivity index (χ0) is 36.3. The number of amides is 3. The summed E-state index contributed by atoms with van der Waals surface area (Å²) >= 11 is 0. The summed E-state index contributed by atoms with van der Waals surface area (Å²) in [6.07, 6.45) is 2.92. The van der Waals surface area contributed by atoms with Crippen LogP contribution >= 0.6 is 0 Å². The normalized spacial score (nSPS) is 17.6. The maximum absolute atomic E-state index is 13.2. The zero-order valence-electron chi connectivity index (χ0n) is 29.3. The fourth-order valence-corrected chi connectivity index (χ4v) is 6.92. The summed E-state index contributed by atoms with van der Waals surface area (Å²) in [5, 5.41) is 54.4. The van der Waals surface area contributed by atoms with Gasteiger partial charge in [0.05, 0.1) is 29.2 Å². The highest BCUT2D eigenvalue weighted by molar-refractivity contribution is 5.95. The van der Waals surface area contributed by atoms with Crippen molar-refractivity contribution < 1.29 is 24.6 Å². The Bertz CT molecular complexity index is 1670. The first-order valence-electron chi connectivity index (χ1n) is 17.1. The molecule has 2 aromatic carbocycles. The van der Waals surface area contributed by atoms with Crippen LogP contribution in [0.25, 0.3) is 0 Å². The third-order valence-electron chi connectivity index (χ3n) is 9.34. The van der Waals surface area contributed by atoms with Crippen LogP contribution in [0.2, 0.25) is 0 Å². The Morgan fingerprint density at radius 1 is 1.00 bits per heavy atom. The number of carbonyl (C=O) groups is 3. The fraction of sp³-hybridized carbons (Fsp3) is 0.528. The molecule has 0 radical (unpaired) electrons. The molecule has 0 bridgehead atoms. The van der Waals surface area contributed by atoms with Gasteiger partial charge in [0.15, 0.2) is 5.82 Å². The molecule has 266 valence electrons. The highest BCUT2D eigenvalue weighted by atomic mass is 16.3. The average Bonchev–Trinajstić information content (AvgIpc) is 3.77. The first-order chi connectivity index (χ1) is 23.6. The van der Waals surface area contributed by atoms with Crippen molar-refractivity contribution in [2.24, 2.45) is 0 Å². The molecule has 5 rings (SSSR count). The van der Waals surface area contributed by atoms with Crippen molar-refractivity contribution in [1.82, 2.24) is 41.5 Å². The largest absolute Gasteiger partial charge is 0.389 e. The number of nitrogens with zero attached hydrogens (tertiary/aromatic N) is 5. The van der Waals surface area contributed by atoms with Crippen LogP contribution < -0.4 is 16.0 Å². The van der Waals surface area contributed by atoms with Crippen LogP contribution in [0, 0.1) is 11.3 Å². The van der Waals surface area contributed by atoms with E-state index in [1.165, 1.54) is 0 Å². The van der Waals surface area contributed by atoms with Crippen LogP contribution in [-0.4, -0.2) is 103 Å². The molecular formula is C36H47N9O5. The molecule has 3 amide bonds. The number of hydrogen-bond acceptors (Lipinski definition) is 10. The van der Waals surface area contributed by atoms with Gasteiger partial charge in [0.1, 0.15) is 6.04 Å². The van der Waals surface area contributed by atoms with Crippen molar-refractivity contribution in [3.8, 4) is 6.07 Å². The SMILES string of the molecule is C[C@H](CC1(c2nn[nH]n2)c2ccc(C(=O)NCC(C)(C)O)cc2CCc2cc(C(=O)NCC(C)(C)O)ccc21)NCC(=O)N1CCCC1C#N. The second-order valence-corrected chi connectivity index (χ2v) is 14.7. The lowest BCUT2D eigenvalue weighted by molar-refractivity contribution is -0.130. The Balaban J connectivity index is 1.56. The molecule has 2 aliphatic rings. The number of likely N-dealkylation sites (tertiary alicyclic amines) is 1. The van der Waals surface area contributed by atoms with Crippen LogP contribution in [0.4, 0.5) is 0 Å². The molecule has 1 aliphatic carbocycles. The van der Waals surface area contributed by atoms with E-state index in [0.717, 1.165) is 28.7 Å². The van der Waals surface area contributed by atoms with Gasteiger partial charge in [-0.05, 0) is 113 Å². The van der Waals surface area contributed by atoms with Gasteiger partial charge in [0.25, 0.3) is 11.8 Å². The van der Waals surface area contributed by atoms with E-state index in [1.54, 1.807) is 44.7 Å². The summed E-state index contributed by atoms with van der Waals surface area (Å²) in [7, 11) is 0. The minimum atomic E-state index is -1.08. The highest BCUT2D eigenvalue weighted by Crippen LogP contribution is 2.47. The van der Waals surface area contributed by atoms with Crippen LogP contribution in [0.3, 0.4) is 0 Å². The standard InChI is InChI=1S/C36H47N9O5/c1-22(38-19-30(46)45-14-6-7-27(45)18-37)17-36(33-41-43-44-42-33)28-12-10-25(31(47)39-20-34(2,3)49)15-23(28)8-9-24-16-26(11-13-29(24)36)32(48)40-21-35(4,5)50/h10-13,15-16,22,27,38,49-50H,6-9,14,17,19-21H2,1-5H3,(H,39,47)(H,40,48)(H,41,42,43,44)/t22-,27?/m1/s1. The number of carbonyl (C=O) groups excluding carboxylic acids is 3. The number of tetrazole rings is 1. The number of nitrogens with one attached hydrogen (secondary N) is 4. The molecule has 1 saturated heterocycles. The second-order valence-electron chi connectivity index (χ2n) is 14.7. The number of nitriles is 1. The number of aromatic amines is 1. The number of rotatable bonds is 12. The van der Waals surface area contributed by atoms with E-state index in [4.69, 9.17) is 0 Å². The third kappa shape index (κ3) is 8.18. The molecule has 0 spiro atoms. The number of benzene rings is 2. The van der Waals surface area contributed by atoms with E-state index in [-0.39, 0.29) is 43.4 Å². The van der Waals surface area contributed by atoms with E-state index < -0.39 is 22.7 Å². The van der Waals surface area contributed by atoms with E-state index in [0.29, 0.717) is 49.2 Å². The van der Waals surface area contributed by atoms with Crippen LogP contribution in [-0.2, 0) is 23.1 Å². The maximum Gasteiger partial charge on any atom is 0.251 e. The van der Waals surface area contributed by atoms with E-state index in [2.05, 4.69) is 42.6 Å². The zero-order valence-corrected chi connectivity index (χ0v) is 29.3. The number of aliphatic hydroxyl groups is 2. The number of hydrogen-bond donors (Lipinski definition) is 6. The Hall–Kier alpha value is -4.71. The van der Waals surface area contributed by atoms with Crippen LogP contribution in [0.5, 0.6) is 0 Å². The van der Waals surface area contributed by atoms with Crippen LogP contribution in [0.1, 0.15) is 103 Å². The maximum atomic E-state index is 13.2. The molecule has 1 aromatic heterocycles. The predicted molar refractivity (Wildman–Crippen MR) is 184 cm³/mol. The summed E-state index contributed by atoms with van der Waals surface area (Å²) in [6.45, 7) is 9.21. The lowest BCUT2D eigenvalue weighted by atomic mass is 9.67. The highest BCUT2D eigenvalue weighted by Gasteiger charge is 2.46. The van der Waals surface area contributed by atoms with Crippen molar-refractivity contribution >= 4 is 17.7 Å². The van der Waals surface area contributed by atoms with E-state index >= 15 is 0 Å². The van der Waals surface area contributed by atoms with Gasteiger partial charge in [-0.3, -0.25) is 14.4 Å².